The maximum Gasteiger partial charge on any atom is 0.433 e. The summed E-state index contributed by atoms with van der Waals surface area (Å²) in [4.78, 5) is 9.89. The van der Waals surface area contributed by atoms with E-state index in [1.807, 2.05) is 0 Å². The number of nitrogens with one attached hydrogen (secondary N) is 3. The Labute approximate surface area is 101 Å². The van der Waals surface area contributed by atoms with E-state index in [0.29, 0.717) is 0 Å². The minimum Gasteiger partial charge on any atom is -0.400 e. The molecule has 1 aliphatic rings. The van der Waals surface area contributed by atoms with Crippen molar-refractivity contribution >= 4 is 17.8 Å². The Morgan fingerprint density at radius 2 is 2.47 bits per heavy atom. The Morgan fingerprint density at radius 1 is 1.71 bits per heavy atom. The van der Waals surface area contributed by atoms with Gasteiger partial charge in [-0.05, 0) is 18.0 Å². The Bertz CT molecular complexity index is 473. The summed E-state index contributed by atoms with van der Waals surface area (Å²) in [5, 5.41) is 17.1. The van der Waals surface area contributed by atoms with Gasteiger partial charge in [-0.2, -0.15) is 0 Å². The Hall–Kier alpha value is -1.71. The number of hydrogen-bond acceptors (Lipinski definition) is 8. The Morgan fingerprint density at radius 3 is 3.06 bits per heavy atom. The normalized spacial score (nSPS) is 25.9. The van der Waals surface area contributed by atoms with Crippen LogP contribution < -0.4 is 21.1 Å². The van der Waals surface area contributed by atoms with E-state index >= 15 is 0 Å². The van der Waals surface area contributed by atoms with Crippen LogP contribution in [0.4, 0.5) is 5.88 Å². The molecule has 0 aromatic carbocycles. The standard InChI is InChI=1S/C8H11N5O3S/c1-10-4-6-11-8(9,12-17-6)5-2-3-7(16-5)13(14)15/h2-4,10-12H,9H2,1H3. The van der Waals surface area contributed by atoms with Gasteiger partial charge in [-0.15, -0.1) is 0 Å². The molecule has 1 unspecified atom stereocenters. The maximum atomic E-state index is 10.5. The van der Waals surface area contributed by atoms with Crippen molar-refractivity contribution in [2.24, 2.45) is 5.73 Å². The third-order valence-electron chi connectivity index (χ3n) is 2.08. The van der Waals surface area contributed by atoms with Crippen molar-refractivity contribution in [3.63, 3.8) is 0 Å². The molecule has 1 aromatic heterocycles. The summed E-state index contributed by atoms with van der Waals surface area (Å²) in [5.74, 6) is -1.25. The van der Waals surface area contributed by atoms with Crippen LogP contribution in [0.3, 0.4) is 0 Å². The van der Waals surface area contributed by atoms with Gasteiger partial charge in [-0.3, -0.25) is 15.8 Å². The molecule has 0 radical (unpaired) electrons. The van der Waals surface area contributed by atoms with E-state index in [1.165, 1.54) is 24.1 Å². The van der Waals surface area contributed by atoms with Gasteiger partial charge in [-0.25, -0.2) is 4.72 Å². The van der Waals surface area contributed by atoms with E-state index in [-0.39, 0.29) is 11.6 Å². The second-order valence-electron chi connectivity index (χ2n) is 3.33. The van der Waals surface area contributed by atoms with Gasteiger partial charge in [0.15, 0.2) is 5.76 Å². The molecular formula is C8H11N5O3S. The highest BCUT2D eigenvalue weighted by Gasteiger charge is 2.38. The third kappa shape index (κ3) is 2.20. The lowest BCUT2D eigenvalue weighted by atomic mass is 10.3. The predicted molar refractivity (Wildman–Crippen MR) is 62.2 cm³/mol. The van der Waals surface area contributed by atoms with Crippen LogP contribution in [0.15, 0.2) is 27.8 Å². The van der Waals surface area contributed by atoms with Crippen molar-refractivity contribution in [1.29, 1.82) is 0 Å². The molecule has 1 fully saturated rings. The molecule has 1 aromatic rings. The summed E-state index contributed by atoms with van der Waals surface area (Å²) < 4.78 is 7.94. The van der Waals surface area contributed by atoms with E-state index in [1.54, 1.807) is 13.2 Å². The molecular weight excluding hydrogens is 246 g/mol. The average molecular weight is 257 g/mol. The highest BCUT2D eigenvalue weighted by atomic mass is 32.2. The second kappa shape index (κ2) is 4.28. The minimum atomic E-state index is -1.15. The second-order valence-corrected chi connectivity index (χ2v) is 4.18. The van der Waals surface area contributed by atoms with Crippen LogP contribution in [0, 0.1) is 10.1 Å². The van der Waals surface area contributed by atoms with Crippen LogP contribution in [0.2, 0.25) is 0 Å². The van der Waals surface area contributed by atoms with Crippen molar-refractivity contribution < 1.29 is 9.34 Å². The monoisotopic (exact) mass is 257 g/mol. The molecule has 8 nitrogen and oxygen atoms in total. The molecule has 1 saturated heterocycles. The lowest BCUT2D eigenvalue weighted by Gasteiger charge is -2.20. The van der Waals surface area contributed by atoms with Gasteiger partial charge in [-0.1, -0.05) is 0 Å². The molecule has 2 heterocycles. The third-order valence-corrected chi connectivity index (χ3v) is 2.94. The highest BCUT2D eigenvalue weighted by molar-refractivity contribution is 8.01. The van der Waals surface area contributed by atoms with Crippen molar-refractivity contribution in [3.05, 3.63) is 39.2 Å². The topological polar surface area (TPSA) is 118 Å². The SMILES string of the molecule is CNC=C1NC(N)(c2ccc([N+](=O)[O-])o2)NS1. The zero-order chi connectivity index (χ0) is 12.5. The van der Waals surface area contributed by atoms with Gasteiger partial charge in [0.1, 0.15) is 9.95 Å². The molecule has 0 saturated carbocycles. The molecule has 0 spiro atoms. The van der Waals surface area contributed by atoms with Gasteiger partial charge < -0.3 is 15.1 Å². The van der Waals surface area contributed by atoms with E-state index in [2.05, 4.69) is 15.4 Å². The van der Waals surface area contributed by atoms with Crippen LogP contribution in [-0.2, 0) is 5.79 Å². The number of nitrogens with zero attached hydrogens (tertiary/aromatic N) is 1. The molecule has 1 aliphatic heterocycles. The molecule has 1 atom stereocenters. The fourth-order valence-corrected chi connectivity index (χ4v) is 2.14. The smallest absolute Gasteiger partial charge is 0.400 e. The molecule has 0 amide bonds. The molecule has 0 aliphatic carbocycles. The number of furan rings is 1. The van der Waals surface area contributed by atoms with Crippen molar-refractivity contribution in [2.45, 2.75) is 5.79 Å². The van der Waals surface area contributed by atoms with Crippen LogP contribution in [-0.4, -0.2) is 12.0 Å². The van der Waals surface area contributed by atoms with Crippen molar-refractivity contribution in [2.75, 3.05) is 7.05 Å². The van der Waals surface area contributed by atoms with Crippen molar-refractivity contribution in [3.8, 4) is 0 Å². The predicted octanol–water partition coefficient (Wildman–Crippen LogP) is 0.116. The van der Waals surface area contributed by atoms with E-state index < -0.39 is 10.7 Å². The lowest BCUT2D eigenvalue weighted by molar-refractivity contribution is -0.402. The molecule has 17 heavy (non-hydrogen) atoms. The maximum absolute atomic E-state index is 10.5. The van der Waals surface area contributed by atoms with Crippen LogP contribution in [0.5, 0.6) is 0 Å². The van der Waals surface area contributed by atoms with Crippen molar-refractivity contribution in [1.82, 2.24) is 15.4 Å². The summed E-state index contributed by atoms with van der Waals surface area (Å²) in [6.45, 7) is 0. The summed E-state index contributed by atoms with van der Waals surface area (Å²) in [6.07, 6.45) is 1.71. The van der Waals surface area contributed by atoms with Crippen LogP contribution in [0.1, 0.15) is 5.76 Å². The van der Waals surface area contributed by atoms with E-state index in [4.69, 9.17) is 10.2 Å². The first-order valence-electron chi connectivity index (χ1n) is 4.68. The van der Waals surface area contributed by atoms with Crippen LogP contribution in [0.25, 0.3) is 0 Å². The lowest BCUT2D eigenvalue weighted by Crippen LogP contribution is -2.52. The first-order chi connectivity index (χ1) is 8.05. The van der Waals surface area contributed by atoms with Gasteiger partial charge in [0, 0.05) is 13.2 Å². The van der Waals surface area contributed by atoms with E-state index in [9.17, 15) is 10.1 Å². The zero-order valence-electron chi connectivity index (χ0n) is 8.89. The van der Waals surface area contributed by atoms with E-state index in [0.717, 1.165) is 5.03 Å². The molecule has 5 N–H and O–H groups in total. The molecule has 0 bridgehead atoms. The number of hydrogen-bond donors (Lipinski definition) is 4. The van der Waals surface area contributed by atoms with Gasteiger partial charge in [0.05, 0.1) is 6.07 Å². The zero-order valence-corrected chi connectivity index (χ0v) is 9.71. The number of nitrogens with two attached hydrogens (primary N) is 1. The Balaban J connectivity index is 2.21. The van der Waals surface area contributed by atoms with Gasteiger partial charge in [0.2, 0.25) is 5.79 Å². The largest absolute Gasteiger partial charge is 0.433 e. The highest BCUT2D eigenvalue weighted by Crippen LogP contribution is 2.30. The van der Waals surface area contributed by atoms with Gasteiger partial charge in [0.25, 0.3) is 0 Å². The first kappa shape index (κ1) is 11.8. The summed E-state index contributed by atoms with van der Waals surface area (Å²) in [6, 6.07) is 2.72. The summed E-state index contributed by atoms with van der Waals surface area (Å²) >= 11 is 1.27. The van der Waals surface area contributed by atoms with Crippen LogP contribution >= 0.6 is 11.9 Å². The number of nitro groups is 1. The average Bonchev–Trinajstić information content (AvgIpc) is 2.86. The molecule has 2 rings (SSSR count). The minimum absolute atomic E-state index is 0.246. The Kier molecular flexibility index (Phi) is 2.96. The fourth-order valence-electron chi connectivity index (χ4n) is 1.33. The quantitative estimate of drug-likeness (QED) is 0.342. The fraction of sp³-hybridized carbons (Fsp3) is 0.250. The molecule has 9 heteroatoms. The van der Waals surface area contributed by atoms with Gasteiger partial charge >= 0.3 is 5.88 Å². The first-order valence-corrected chi connectivity index (χ1v) is 5.50. The molecule has 92 valence electrons. The summed E-state index contributed by atoms with van der Waals surface area (Å²) in [5.41, 5.74) is 5.99. The number of rotatable bonds is 3. The summed E-state index contributed by atoms with van der Waals surface area (Å²) in [7, 11) is 1.75.